The summed E-state index contributed by atoms with van der Waals surface area (Å²) in [7, 11) is 0. The first-order valence-corrected chi connectivity index (χ1v) is 25.9. The Hall–Kier alpha value is -3.79. The van der Waals surface area contributed by atoms with E-state index >= 15 is 0 Å². The smallest absolute Gasteiger partial charge is 0.305 e. The minimum Gasteiger partial charge on any atom is -0.481 e. The normalized spacial score (nSPS) is 15.2. The number of carboxylic acid groups (broad SMARTS) is 1. The molecule has 0 bridgehead atoms. The number of β-amino-alcohol motifs (C(OH)–C–C–N with tert-alkyl or cyclic N) is 1. The molecule has 416 valence electrons. The molecule has 1 aromatic heterocycles. The second-order valence-electron chi connectivity index (χ2n) is 17.7. The van der Waals surface area contributed by atoms with E-state index in [4.69, 9.17) is 61.9 Å². The van der Waals surface area contributed by atoms with Crippen LogP contribution in [0.3, 0.4) is 0 Å². The molecule has 1 aromatic carbocycles. The number of nitrogens with one attached hydrogen (secondary N) is 2. The number of likely N-dealkylation sites (tertiary alicyclic amines) is 1. The van der Waals surface area contributed by atoms with Gasteiger partial charge in [-0.05, 0) is 23.5 Å². The summed E-state index contributed by atoms with van der Waals surface area (Å²) in [5.41, 5.74) is 4.05. The van der Waals surface area contributed by atoms with E-state index in [1.165, 1.54) is 4.90 Å². The number of carbonyl (C=O) groups excluding carboxylic acids is 3. The summed E-state index contributed by atoms with van der Waals surface area (Å²) >= 11 is 1.57. The van der Waals surface area contributed by atoms with E-state index in [1.807, 2.05) is 57.5 Å². The van der Waals surface area contributed by atoms with E-state index in [-0.39, 0.29) is 64.0 Å². The average Bonchev–Trinajstić information content (AvgIpc) is 3.98. The van der Waals surface area contributed by atoms with Crippen LogP contribution in [0.15, 0.2) is 29.8 Å². The van der Waals surface area contributed by atoms with Gasteiger partial charge in [0.2, 0.25) is 17.7 Å². The number of thiazole rings is 1. The third-order valence-corrected chi connectivity index (χ3v) is 11.7. The zero-order valence-electron chi connectivity index (χ0n) is 43.4. The van der Waals surface area contributed by atoms with Crippen molar-refractivity contribution < 1.29 is 86.2 Å². The van der Waals surface area contributed by atoms with Crippen LogP contribution in [-0.2, 0) is 82.6 Å². The van der Waals surface area contributed by atoms with Crippen LogP contribution < -0.4 is 10.6 Å². The molecule has 4 N–H and O–H groups in total. The molecule has 2 aromatic rings. The van der Waals surface area contributed by atoms with Gasteiger partial charge in [0.1, 0.15) is 12.1 Å². The highest BCUT2D eigenvalue weighted by atomic mass is 32.1. The van der Waals surface area contributed by atoms with Crippen LogP contribution in [0, 0.1) is 12.3 Å². The quantitative estimate of drug-likeness (QED) is 0.0694. The molecule has 23 heteroatoms. The molecular weight excluding hydrogens is 977 g/mol. The summed E-state index contributed by atoms with van der Waals surface area (Å²) in [6.45, 7) is 17.3. The number of carbonyl (C=O) groups is 4. The molecule has 3 amide bonds. The Morgan fingerprint density at radius 1 is 0.630 bits per heavy atom. The number of hydrogen-bond donors (Lipinski definition) is 4. The maximum atomic E-state index is 13.9. The summed E-state index contributed by atoms with van der Waals surface area (Å²) < 4.78 is 65.5. The minimum atomic E-state index is -0.927. The molecular formula is C50H82N4O18S. The Morgan fingerprint density at radius 3 is 1.37 bits per heavy atom. The zero-order valence-corrected chi connectivity index (χ0v) is 44.2. The van der Waals surface area contributed by atoms with Crippen LogP contribution in [0.4, 0.5) is 0 Å². The molecule has 3 atom stereocenters. The Balaban J connectivity index is 1.06. The molecule has 1 saturated heterocycles. The van der Waals surface area contributed by atoms with Gasteiger partial charge in [0.05, 0.1) is 187 Å². The highest BCUT2D eigenvalue weighted by molar-refractivity contribution is 7.13. The van der Waals surface area contributed by atoms with Gasteiger partial charge in [-0.3, -0.25) is 19.2 Å². The lowest BCUT2D eigenvalue weighted by molar-refractivity contribution is -0.144. The Kier molecular flexibility index (Phi) is 34.4. The van der Waals surface area contributed by atoms with E-state index in [9.17, 15) is 24.3 Å². The van der Waals surface area contributed by atoms with Gasteiger partial charge < -0.3 is 82.6 Å². The lowest BCUT2D eigenvalue weighted by Crippen LogP contribution is -2.57. The van der Waals surface area contributed by atoms with Crippen molar-refractivity contribution in [2.24, 2.45) is 5.41 Å². The van der Waals surface area contributed by atoms with E-state index < -0.39 is 35.5 Å². The van der Waals surface area contributed by atoms with E-state index in [2.05, 4.69) is 15.6 Å². The largest absolute Gasteiger partial charge is 0.481 e. The molecule has 2 heterocycles. The summed E-state index contributed by atoms with van der Waals surface area (Å²) in [5.74, 6) is -2.04. The third-order valence-electron chi connectivity index (χ3n) is 10.7. The summed E-state index contributed by atoms with van der Waals surface area (Å²) in [6, 6.07) is 6.06. The Morgan fingerprint density at radius 2 is 1.01 bits per heavy atom. The van der Waals surface area contributed by atoms with Crippen molar-refractivity contribution in [3.05, 3.63) is 41.0 Å². The van der Waals surface area contributed by atoms with E-state index in [0.717, 1.165) is 21.7 Å². The summed E-state index contributed by atoms with van der Waals surface area (Å²) in [4.78, 5) is 57.4. The van der Waals surface area contributed by atoms with Crippen molar-refractivity contribution in [2.45, 2.75) is 71.7 Å². The van der Waals surface area contributed by atoms with Crippen LogP contribution in [0.1, 0.15) is 51.3 Å². The fourth-order valence-corrected chi connectivity index (χ4v) is 7.67. The first-order chi connectivity index (χ1) is 35.4. The Bertz CT molecular complexity index is 1770. The number of rotatable bonds is 45. The van der Waals surface area contributed by atoms with Gasteiger partial charge in [0, 0.05) is 25.9 Å². The number of hydrogen-bond acceptors (Lipinski definition) is 19. The van der Waals surface area contributed by atoms with Gasteiger partial charge in [-0.25, -0.2) is 4.98 Å². The summed E-state index contributed by atoms with van der Waals surface area (Å²) in [6.07, 6.45) is -0.745. The van der Waals surface area contributed by atoms with E-state index in [1.54, 1.807) is 11.3 Å². The van der Waals surface area contributed by atoms with Gasteiger partial charge in [-0.1, -0.05) is 45.0 Å². The van der Waals surface area contributed by atoms with Crippen LogP contribution in [0.25, 0.3) is 10.4 Å². The number of nitrogens with zero attached hydrogens (tertiary/aromatic N) is 2. The van der Waals surface area contributed by atoms with Gasteiger partial charge in [0.15, 0.2) is 0 Å². The number of carboxylic acids is 1. The molecule has 22 nitrogen and oxygen atoms in total. The number of amides is 3. The van der Waals surface area contributed by atoms with Crippen molar-refractivity contribution in [2.75, 3.05) is 165 Å². The molecule has 0 aliphatic carbocycles. The maximum absolute atomic E-state index is 13.9. The van der Waals surface area contributed by atoms with Gasteiger partial charge >= 0.3 is 5.97 Å². The highest BCUT2D eigenvalue weighted by Gasteiger charge is 2.44. The minimum absolute atomic E-state index is 0.00556. The molecule has 1 aliphatic heterocycles. The van der Waals surface area contributed by atoms with Crippen molar-refractivity contribution in [3.63, 3.8) is 0 Å². The van der Waals surface area contributed by atoms with Crippen molar-refractivity contribution in [1.29, 1.82) is 0 Å². The predicted molar refractivity (Wildman–Crippen MR) is 268 cm³/mol. The monoisotopic (exact) mass is 1060 g/mol. The molecule has 0 saturated carbocycles. The van der Waals surface area contributed by atoms with E-state index in [0.29, 0.717) is 139 Å². The number of aromatic nitrogens is 1. The number of ether oxygens (including phenoxy) is 12. The summed E-state index contributed by atoms with van der Waals surface area (Å²) in [5, 5.41) is 24.8. The third kappa shape index (κ3) is 29.8. The van der Waals surface area contributed by atoms with Crippen molar-refractivity contribution in [1.82, 2.24) is 20.5 Å². The number of aliphatic hydroxyl groups excluding tert-OH is 1. The highest BCUT2D eigenvalue weighted by Crippen LogP contribution is 2.28. The SMILES string of the molecule is Cc1ncsc1-c1ccc(CNC(=O)[C@@H]2C[C@@H](O)CN2C(=O)[C@@H](NC(=O)CCOCCOCCOCCOCCOCCOCCOCCOCCOCCOCCOCCOCCC(=O)O)C(C)(C)C)cc1. The number of aliphatic carboxylic acids is 1. The number of aryl methyl sites for hydroxylation is 1. The lowest BCUT2D eigenvalue weighted by atomic mass is 9.85. The zero-order chi connectivity index (χ0) is 52.8. The molecule has 3 rings (SSSR count). The van der Waals surface area contributed by atoms with Crippen LogP contribution in [-0.4, -0.2) is 227 Å². The second kappa shape index (κ2) is 39.6. The molecule has 1 fully saturated rings. The standard InChI is InChI=1S/C50H82N4O18S/c1-39-46(73-38-52-39)41-7-5-40(6-8-41)36-51-48(59)43-35-42(55)37-54(43)49(60)47(50(2,3)4)53-44(56)9-11-61-13-15-63-17-19-65-21-23-67-25-27-69-29-31-71-33-34-72-32-30-70-28-26-68-24-22-66-20-18-64-16-14-62-12-10-45(57)58/h5-8,38,42-43,47,55H,9-37H2,1-4H3,(H,51,59)(H,53,56)(H,57,58)/t42-,43+,47-/m1/s1. The molecule has 0 unspecified atom stereocenters. The molecule has 0 radical (unpaired) electrons. The fraction of sp³-hybridized carbons (Fsp3) is 0.740. The first kappa shape index (κ1) is 63.5. The fourth-order valence-electron chi connectivity index (χ4n) is 6.86. The second-order valence-corrected chi connectivity index (χ2v) is 18.5. The first-order valence-electron chi connectivity index (χ1n) is 25.1. The van der Waals surface area contributed by atoms with Crippen molar-refractivity contribution >= 4 is 35.0 Å². The van der Waals surface area contributed by atoms with Crippen LogP contribution in [0.5, 0.6) is 0 Å². The van der Waals surface area contributed by atoms with Gasteiger partial charge in [-0.2, -0.15) is 0 Å². The van der Waals surface area contributed by atoms with Crippen LogP contribution in [0.2, 0.25) is 0 Å². The molecule has 0 spiro atoms. The van der Waals surface area contributed by atoms with Gasteiger partial charge in [-0.15, -0.1) is 11.3 Å². The topological polar surface area (TPSA) is 260 Å². The number of aliphatic hydroxyl groups is 1. The number of benzene rings is 1. The van der Waals surface area contributed by atoms with Crippen molar-refractivity contribution in [3.8, 4) is 10.4 Å². The average molecular weight is 1060 g/mol. The Labute approximate surface area is 434 Å². The molecule has 1 aliphatic rings. The molecule has 73 heavy (non-hydrogen) atoms. The van der Waals surface area contributed by atoms with Crippen LogP contribution >= 0.6 is 11.3 Å². The van der Waals surface area contributed by atoms with Gasteiger partial charge in [0.25, 0.3) is 0 Å². The lowest BCUT2D eigenvalue weighted by Gasteiger charge is -2.35. The maximum Gasteiger partial charge on any atom is 0.305 e. The predicted octanol–water partition coefficient (Wildman–Crippen LogP) is 2.29.